The van der Waals surface area contributed by atoms with Gasteiger partial charge in [-0.2, -0.15) is 0 Å². The molecule has 3 aromatic rings. The van der Waals surface area contributed by atoms with Crippen LogP contribution in [0.3, 0.4) is 0 Å². The summed E-state index contributed by atoms with van der Waals surface area (Å²) in [6.07, 6.45) is 2.54. The molecule has 0 saturated heterocycles. The van der Waals surface area contributed by atoms with Crippen LogP contribution < -0.4 is 10.6 Å². The zero-order valence-electron chi connectivity index (χ0n) is 18.5. The monoisotopic (exact) mass is 491 g/mol. The van der Waals surface area contributed by atoms with Gasteiger partial charge >= 0.3 is 13.7 Å². The van der Waals surface area contributed by atoms with Gasteiger partial charge in [-0.05, 0) is 36.1 Å². The summed E-state index contributed by atoms with van der Waals surface area (Å²) >= 11 is 0. The number of carbonyl (C=O) groups excluding carboxylic acids is 2. The van der Waals surface area contributed by atoms with Crippen molar-refractivity contribution in [2.24, 2.45) is 5.92 Å². The number of nitrogens with one attached hydrogen (secondary N) is 2. The number of rotatable bonds is 10. The lowest BCUT2D eigenvalue weighted by Crippen LogP contribution is -2.52. The summed E-state index contributed by atoms with van der Waals surface area (Å²) in [7, 11) is -4.68. The summed E-state index contributed by atoms with van der Waals surface area (Å²) in [4.78, 5) is 56.6. The lowest BCUT2D eigenvalue weighted by atomic mass is 10.0. The number of nitrogens with zero attached hydrogens (tertiary/aromatic N) is 1. The minimum absolute atomic E-state index is 0.0113. The molecule has 182 valence electrons. The Bertz CT molecular complexity index is 1230. The van der Waals surface area contributed by atoms with E-state index in [1.54, 1.807) is 18.2 Å². The fourth-order valence-electron chi connectivity index (χ4n) is 3.64. The number of fused-ring (bicyclic) bond motifs is 1. The van der Waals surface area contributed by atoms with E-state index in [0.29, 0.717) is 10.9 Å². The van der Waals surface area contributed by atoms with Gasteiger partial charge in [0.05, 0.1) is 11.8 Å². The van der Waals surface area contributed by atoms with Crippen LogP contribution in [0.15, 0.2) is 53.3 Å². The predicted molar refractivity (Wildman–Crippen MR) is 122 cm³/mol. The van der Waals surface area contributed by atoms with Crippen molar-refractivity contribution in [2.75, 3.05) is 0 Å². The molecule has 5 N–H and O–H groups in total. The van der Waals surface area contributed by atoms with Crippen LogP contribution in [0.4, 0.5) is 0 Å². The highest BCUT2D eigenvalue weighted by Crippen LogP contribution is 2.42. The lowest BCUT2D eigenvalue weighted by Gasteiger charge is -2.22. The minimum atomic E-state index is -4.68. The average molecular weight is 491 g/mol. The first-order valence-corrected chi connectivity index (χ1v) is 12.1. The summed E-state index contributed by atoms with van der Waals surface area (Å²) in [6.45, 7) is 3.70. The van der Waals surface area contributed by atoms with Gasteiger partial charge in [0.25, 0.3) is 5.91 Å². The van der Waals surface area contributed by atoms with Crippen molar-refractivity contribution < 1.29 is 38.3 Å². The Kier molecular flexibility index (Phi) is 7.61. The zero-order valence-corrected chi connectivity index (χ0v) is 19.4. The third-order valence-corrected chi connectivity index (χ3v) is 6.06. The molecule has 34 heavy (non-hydrogen) atoms. The second-order valence-electron chi connectivity index (χ2n) is 8.27. The molecule has 0 radical (unpaired) electrons. The topological polar surface area (TPSA) is 171 Å². The van der Waals surface area contributed by atoms with E-state index in [2.05, 4.69) is 10.6 Å². The van der Waals surface area contributed by atoms with E-state index in [1.807, 2.05) is 13.8 Å². The number of carboxylic acids is 1. The molecule has 12 heteroatoms. The molecule has 0 aliphatic rings. The number of amides is 2. The van der Waals surface area contributed by atoms with Gasteiger partial charge in [0.15, 0.2) is 5.76 Å². The minimum Gasteiger partial charge on any atom is -0.480 e. The number of benzene rings is 1. The van der Waals surface area contributed by atoms with Crippen LogP contribution in [0.1, 0.15) is 36.4 Å². The fraction of sp³-hybridized carbons (Fsp3) is 0.318. The largest absolute Gasteiger partial charge is 0.480 e. The van der Waals surface area contributed by atoms with Gasteiger partial charge in [0.1, 0.15) is 12.1 Å². The molecule has 0 fully saturated rings. The molecule has 0 aliphatic carbocycles. The van der Waals surface area contributed by atoms with Gasteiger partial charge in [-0.1, -0.05) is 32.0 Å². The molecule has 0 spiro atoms. The second-order valence-corrected chi connectivity index (χ2v) is 9.72. The molecule has 0 aliphatic heterocycles. The normalized spacial score (nSPS) is 13.6. The van der Waals surface area contributed by atoms with Crippen molar-refractivity contribution in [2.45, 2.75) is 38.8 Å². The van der Waals surface area contributed by atoms with E-state index < -0.39 is 37.6 Å². The molecule has 2 aromatic heterocycles. The third-order valence-electron chi connectivity index (χ3n) is 5.17. The first-order valence-electron chi connectivity index (χ1n) is 10.5. The van der Waals surface area contributed by atoms with Crippen LogP contribution in [0, 0.1) is 5.92 Å². The van der Waals surface area contributed by atoms with E-state index in [-0.39, 0.29) is 30.0 Å². The van der Waals surface area contributed by atoms with Gasteiger partial charge < -0.3 is 29.9 Å². The number of carboxylic acid groups (broad SMARTS) is 1. The Balaban J connectivity index is 1.83. The SMILES string of the molecule is CC(C)C[C@H](NC(=O)c1ccco1)C(=O)N[C@@H](Cc1cn(P(=O)(O)O)c2ccccc12)C(=O)O. The fourth-order valence-corrected chi connectivity index (χ4v) is 4.39. The summed E-state index contributed by atoms with van der Waals surface area (Å²) in [5.41, 5.74) is 0.580. The number of para-hydroxylation sites is 1. The van der Waals surface area contributed by atoms with Crippen LogP contribution in [-0.4, -0.2) is 49.1 Å². The summed E-state index contributed by atoms with van der Waals surface area (Å²) < 4.78 is 17.7. The van der Waals surface area contributed by atoms with Gasteiger partial charge in [0, 0.05) is 18.0 Å². The zero-order chi connectivity index (χ0) is 25.0. The summed E-state index contributed by atoms with van der Waals surface area (Å²) in [5.74, 6) is -2.61. The van der Waals surface area contributed by atoms with Crippen LogP contribution in [-0.2, 0) is 20.6 Å². The quantitative estimate of drug-likeness (QED) is 0.268. The Labute approximate surface area is 195 Å². The third kappa shape index (κ3) is 5.93. The van der Waals surface area contributed by atoms with E-state index in [4.69, 9.17) is 4.42 Å². The Morgan fingerprint density at radius 2 is 1.76 bits per heavy atom. The molecular weight excluding hydrogens is 465 g/mol. The van der Waals surface area contributed by atoms with Crippen molar-refractivity contribution in [3.8, 4) is 0 Å². The Morgan fingerprint density at radius 1 is 1.06 bits per heavy atom. The standard InChI is InChI=1S/C22H26N3O8P/c1-13(2)10-16(23-21(27)19-8-5-9-33-19)20(26)24-17(22(28)29)11-14-12-25(34(30,31)32)18-7-4-3-6-15(14)18/h3-9,12-13,16-17H,10-11H2,1-2H3,(H,23,27)(H,24,26)(H,28,29)(H2,30,31,32)/t16-,17-/m0/s1. The highest BCUT2D eigenvalue weighted by molar-refractivity contribution is 7.50. The van der Waals surface area contributed by atoms with E-state index in [0.717, 1.165) is 4.34 Å². The van der Waals surface area contributed by atoms with Gasteiger partial charge in [-0.3, -0.25) is 13.9 Å². The van der Waals surface area contributed by atoms with Crippen LogP contribution in [0.2, 0.25) is 0 Å². The predicted octanol–water partition coefficient (Wildman–Crippen LogP) is 2.13. The molecular formula is C22H26N3O8P. The lowest BCUT2D eigenvalue weighted by molar-refractivity contribution is -0.142. The van der Waals surface area contributed by atoms with Crippen LogP contribution in [0.5, 0.6) is 0 Å². The van der Waals surface area contributed by atoms with Crippen molar-refractivity contribution >= 4 is 36.4 Å². The number of hydrogen-bond donors (Lipinski definition) is 5. The molecule has 2 heterocycles. The maximum Gasteiger partial charge on any atom is 0.434 e. The molecule has 3 rings (SSSR count). The van der Waals surface area contributed by atoms with Crippen molar-refractivity contribution in [3.05, 3.63) is 60.2 Å². The Hall–Kier alpha value is -3.40. The molecule has 0 saturated carbocycles. The number of carbonyl (C=O) groups is 3. The number of furan rings is 1. The van der Waals surface area contributed by atoms with Crippen molar-refractivity contribution in [3.63, 3.8) is 0 Å². The summed E-state index contributed by atoms with van der Waals surface area (Å²) in [6, 6.07) is 6.93. The second kappa shape index (κ2) is 10.3. The Morgan fingerprint density at radius 3 is 2.35 bits per heavy atom. The number of aliphatic carboxylic acids is 1. The smallest absolute Gasteiger partial charge is 0.434 e. The average Bonchev–Trinajstić information content (AvgIpc) is 3.40. The summed E-state index contributed by atoms with van der Waals surface area (Å²) in [5, 5.41) is 15.2. The molecule has 0 bridgehead atoms. The van der Waals surface area contributed by atoms with Crippen LogP contribution in [0.25, 0.3) is 10.9 Å². The van der Waals surface area contributed by atoms with Gasteiger partial charge in [0.2, 0.25) is 5.91 Å². The van der Waals surface area contributed by atoms with Crippen molar-refractivity contribution in [1.29, 1.82) is 0 Å². The number of aromatic nitrogens is 1. The van der Waals surface area contributed by atoms with E-state index >= 15 is 0 Å². The highest BCUT2D eigenvalue weighted by atomic mass is 31.2. The van der Waals surface area contributed by atoms with Crippen molar-refractivity contribution in [1.82, 2.24) is 15.0 Å². The van der Waals surface area contributed by atoms with E-state index in [9.17, 15) is 33.8 Å². The maximum absolute atomic E-state index is 13.0. The highest BCUT2D eigenvalue weighted by Gasteiger charge is 2.30. The molecule has 11 nitrogen and oxygen atoms in total. The molecule has 2 atom stereocenters. The van der Waals surface area contributed by atoms with Gasteiger partial charge in [-0.25, -0.2) is 9.36 Å². The van der Waals surface area contributed by atoms with Gasteiger partial charge in [-0.15, -0.1) is 0 Å². The van der Waals surface area contributed by atoms with Crippen LogP contribution >= 0.6 is 7.75 Å². The first-order chi connectivity index (χ1) is 16.0. The number of hydrogen-bond acceptors (Lipinski definition) is 5. The molecule has 1 aromatic carbocycles. The first kappa shape index (κ1) is 25.2. The molecule has 0 unspecified atom stereocenters. The molecule has 2 amide bonds. The van der Waals surface area contributed by atoms with E-state index in [1.165, 1.54) is 30.7 Å². The maximum atomic E-state index is 13.0.